The quantitative estimate of drug-likeness (QED) is 0.0195. The molecule has 0 saturated carbocycles. The van der Waals surface area contributed by atoms with Gasteiger partial charge >= 0.3 is 0 Å². The van der Waals surface area contributed by atoms with E-state index >= 15 is 0 Å². The van der Waals surface area contributed by atoms with Crippen LogP contribution in [0.1, 0.15) is 104 Å². The molecule has 2 N–H and O–H groups in total. The third-order valence-corrected chi connectivity index (χ3v) is 17.3. The van der Waals surface area contributed by atoms with Gasteiger partial charge in [-0.2, -0.15) is 0 Å². The topological polar surface area (TPSA) is 311 Å². The number of amides is 1. The highest BCUT2D eigenvalue weighted by atomic mass is 32.2. The number of ether oxygens (including phenoxy) is 2. The van der Waals surface area contributed by atoms with Crippen molar-refractivity contribution in [2.75, 3.05) is 18.8 Å². The number of unbranched alkanes of at least 4 members (excludes halogenated alkanes) is 3. The molecule has 0 radical (unpaired) electrons. The zero-order chi connectivity index (χ0) is 52.8. The van der Waals surface area contributed by atoms with Crippen LogP contribution in [0.25, 0.3) is 20.9 Å². The summed E-state index contributed by atoms with van der Waals surface area (Å²) in [7, 11) is -15.6. The molecule has 0 aliphatic carbocycles. The molecule has 0 bridgehead atoms. The minimum absolute atomic E-state index is 0.00267. The molecule has 0 spiro atoms. The molecule has 20 nitrogen and oxygen atoms in total. The molecule has 3 unspecified atom stereocenters. The zero-order valence-electron chi connectivity index (χ0n) is 40.5. The number of nitrogens with zero attached hydrogens (tertiary/aromatic N) is 6. The van der Waals surface area contributed by atoms with Crippen LogP contribution in [0.2, 0.25) is 0 Å². The Morgan fingerprint density at radius 1 is 0.556 bits per heavy atom. The summed E-state index contributed by atoms with van der Waals surface area (Å²) in [4.78, 5) is 29.9. The second-order valence-electron chi connectivity index (χ2n) is 17.5. The summed E-state index contributed by atoms with van der Waals surface area (Å²) < 4.78 is 119. The lowest BCUT2D eigenvalue weighted by Crippen LogP contribution is -2.32. The van der Waals surface area contributed by atoms with Gasteiger partial charge in [-0.1, -0.05) is 46.5 Å². The predicted molar refractivity (Wildman–Crippen MR) is 271 cm³/mol. The lowest BCUT2D eigenvalue weighted by atomic mass is 9.96. The van der Waals surface area contributed by atoms with Gasteiger partial charge in [-0.3, -0.25) is 9.59 Å². The molecule has 1 amide bonds. The molecule has 4 rings (SSSR count). The molecule has 4 aromatic rings. The van der Waals surface area contributed by atoms with Gasteiger partial charge in [-0.25, -0.2) is 38.4 Å². The van der Waals surface area contributed by atoms with Gasteiger partial charge in [0.2, 0.25) is 15.9 Å². The van der Waals surface area contributed by atoms with Crippen LogP contribution in [0.15, 0.2) is 126 Å². The number of sulfone groups is 1. The summed E-state index contributed by atoms with van der Waals surface area (Å²) in [6, 6.07) is 22.1. The predicted octanol–water partition coefficient (Wildman–Crippen LogP) is 10.7. The van der Waals surface area contributed by atoms with E-state index in [9.17, 15) is 43.3 Å². The number of carbonyl (C=O) groups is 2. The number of benzene rings is 4. The second kappa shape index (κ2) is 28.3. The third-order valence-electron chi connectivity index (χ3n) is 11.8. The van der Waals surface area contributed by atoms with E-state index in [4.69, 9.17) is 20.5 Å². The number of ketones is 1. The van der Waals surface area contributed by atoms with E-state index in [2.05, 4.69) is 28.9 Å². The van der Waals surface area contributed by atoms with Crippen LogP contribution in [0, 0.1) is 17.8 Å². The van der Waals surface area contributed by atoms with Crippen molar-refractivity contribution in [1.29, 1.82) is 0 Å². The van der Waals surface area contributed by atoms with Gasteiger partial charge < -0.3 is 14.8 Å². The standard InChI is InChI=1S/C48H62N8O12S4/c1-4-38(48(58)51-33-10-12-37(3)35-52-70(61,62)45-26-18-41(19-27-45)68-43-22-30-47(31-23-43)72(65,66)56-54-50)13-6-5-7-14-39(57)15-9-8-11-36(2)32-34-69(59,60)44-24-16-40(17-25-44)67-42-20-28-46(29-21-42)71(63,64)55-53-49/h16-31,36-38,52H,4-15,32-35H2,1-3H3,(H,51,58). The maximum Gasteiger partial charge on any atom is 0.264 e. The van der Waals surface area contributed by atoms with Crippen LogP contribution in [-0.4, -0.2) is 64.2 Å². The number of azide groups is 2. The van der Waals surface area contributed by atoms with Crippen LogP contribution < -0.4 is 19.5 Å². The summed E-state index contributed by atoms with van der Waals surface area (Å²) in [5, 5.41) is 3.02. The first kappa shape index (κ1) is 58.6. The molecule has 0 heterocycles. The fourth-order valence-corrected chi connectivity index (χ4v) is 11.4. The van der Waals surface area contributed by atoms with Gasteiger partial charge in [-0.05, 0) is 165 Å². The monoisotopic (exact) mass is 1070 g/mol. The molecular formula is C48H62N8O12S4. The minimum Gasteiger partial charge on any atom is -0.457 e. The largest absolute Gasteiger partial charge is 0.457 e. The Balaban J connectivity index is 1.02. The van der Waals surface area contributed by atoms with Crippen LogP contribution in [0.4, 0.5) is 0 Å². The fraction of sp³-hybridized carbons (Fsp3) is 0.458. The lowest BCUT2D eigenvalue weighted by Gasteiger charge is -2.16. The first-order valence-electron chi connectivity index (χ1n) is 23.6. The van der Waals surface area contributed by atoms with E-state index in [0.717, 1.165) is 44.9 Å². The molecule has 24 heteroatoms. The molecule has 0 aromatic heterocycles. The SMILES string of the molecule is CCC(CCCCCC(=O)CCCCC(C)CCS(=O)(=O)c1ccc(Oc2ccc(S(=O)(=O)N=[N+]=[N-])cc2)cc1)C(=O)NCCCC(C)CNS(=O)(=O)c1ccc(Oc2ccc(S(=O)(=O)N=[N+]=[N-])cc2)cc1. The molecule has 0 saturated heterocycles. The van der Waals surface area contributed by atoms with E-state index < -0.39 is 39.9 Å². The van der Waals surface area contributed by atoms with Gasteiger partial charge in [0.25, 0.3) is 20.0 Å². The number of nitrogens with one attached hydrogen (secondary N) is 2. The van der Waals surface area contributed by atoms with Crippen molar-refractivity contribution in [2.24, 2.45) is 26.8 Å². The van der Waals surface area contributed by atoms with Crippen molar-refractivity contribution in [1.82, 2.24) is 10.0 Å². The Morgan fingerprint density at radius 2 is 0.986 bits per heavy atom. The number of sulfonamides is 3. The van der Waals surface area contributed by atoms with E-state index in [-0.39, 0.29) is 67.1 Å². The van der Waals surface area contributed by atoms with Crippen molar-refractivity contribution in [3.63, 3.8) is 0 Å². The molecule has 0 aliphatic heterocycles. The van der Waals surface area contributed by atoms with E-state index in [1.807, 2.05) is 20.8 Å². The average molecular weight is 1070 g/mol. The highest BCUT2D eigenvalue weighted by molar-refractivity contribution is 7.91. The number of carbonyl (C=O) groups excluding carboxylic acids is 2. The molecule has 0 aliphatic rings. The third kappa shape index (κ3) is 19.5. The Labute approximate surface area is 422 Å². The molecule has 72 heavy (non-hydrogen) atoms. The summed E-state index contributed by atoms with van der Waals surface area (Å²) >= 11 is 0. The van der Waals surface area contributed by atoms with Crippen molar-refractivity contribution < 1.29 is 52.7 Å². The molecular weight excluding hydrogens is 1010 g/mol. The smallest absolute Gasteiger partial charge is 0.264 e. The molecule has 3 atom stereocenters. The maximum atomic E-state index is 13.0. The highest BCUT2D eigenvalue weighted by Gasteiger charge is 2.20. The average Bonchev–Trinajstić information content (AvgIpc) is 3.34. The second-order valence-corrected chi connectivity index (χ2v) is 24.5. The summed E-state index contributed by atoms with van der Waals surface area (Å²) in [5.41, 5.74) is 16.9. The van der Waals surface area contributed by atoms with Gasteiger partial charge in [-0.15, -0.1) is 0 Å². The Morgan fingerprint density at radius 3 is 1.46 bits per heavy atom. The maximum absolute atomic E-state index is 13.0. The molecule has 4 aromatic carbocycles. The Hall–Kier alpha value is -6.00. The van der Waals surface area contributed by atoms with Crippen LogP contribution >= 0.6 is 0 Å². The number of Topliss-reactive ketones (excluding diaryl/α,β-unsaturated/α-hetero) is 1. The van der Waals surface area contributed by atoms with Crippen LogP contribution in [-0.2, 0) is 49.5 Å². The Kier molecular flexibility index (Phi) is 23.0. The summed E-state index contributed by atoms with van der Waals surface area (Å²) in [5.74, 6) is 1.47. The van der Waals surface area contributed by atoms with E-state index in [1.54, 1.807) is 0 Å². The van der Waals surface area contributed by atoms with Crippen LogP contribution in [0.3, 0.4) is 0 Å². The van der Waals surface area contributed by atoms with Crippen molar-refractivity contribution >= 4 is 51.6 Å². The first-order valence-corrected chi connectivity index (χ1v) is 29.6. The lowest BCUT2D eigenvalue weighted by molar-refractivity contribution is -0.125. The van der Waals surface area contributed by atoms with Gasteiger partial charge in [0, 0.05) is 50.7 Å². The normalized spacial score (nSPS) is 13.2. The van der Waals surface area contributed by atoms with Gasteiger partial charge in [0.05, 0.1) is 25.3 Å². The number of hydrogen-bond donors (Lipinski definition) is 2. The first-order chi connectivity index (χ1) is 34.2. The number of hydrogen-bond acceptors (Lipinski definition) is 12. The van der Waals surface area contributed by atoms with Crippen molar-refractivity contribution in [3.8, 4) is 23.0 Å². The molecule has 0 fully saturated rings. The summed E-state index contributed by atoms with van der Waals surface area (Å²) in [6.45, 7) is 6.59. The van der Waals surface area contributed by atoms with Crippen LogP contribution in [0.5, 0.6) is 23.0 Å². The van der Waals surface area contributed by atoms with Gasteiger partial charge in [0.15, 0.2) is 9.84 Å². The minimum atomic E-state index is -4.13. The Bertz CT molecular complexity index is 2970. The van der Waals surface area contributed by atoms with Crippen molar-refractivity contribution in [2.45, 2.75) is 124 Å². The van der Waals surface area contributed by atoms with E-state index in [1.165, 1.54) is 97.1 Å². The van der Waals surface area contributed by atoms with Gasteiger partial charge in [0.1, 0.15) is 28.8 Å². The zero-order valence-corrected chi connectivity index (χ0v) is 43.8. The molecule has 390 valence electrons. The number of rotatable bonds is 33. The highest BCUT2D eigenvalue weighted by Crippen LogP contribution is 2.28. The van der Waals surface area contributed by atoms with E-state index in [0.29, 0.717) is 62.3 Å². The summed E-state index contributed by atoms with van der Waals surface area (Å²) in [6.07, 6.45) is 9.03. The van der Waals surface area contributed by atoms with Crippen molar-refractivity contribution in [3.05, 3.63) is 118 Å². The fourth-order valence-electron chi connectivity index (χ4n) is 7.44.